The Morgan fingerprint density at radius 3 is 2.52 bits per heavy atom. The van der Waals surface area contributed by atoms with E-state index < -0.39 is 17.9 Å². The van der Waals surface area contributed by atoms with Gasteiger partial charge in [0, 0.05) is 6.42 Å². The van der Waals surface area contributed by atoms with Gasteiger partial charge in [0.1, 0.15) is 12.6 Å². The second kappa shape index (κ2) is 9.21. The molecular formula is C19H18N2O4. The first kappa shape index (κ1) is 18.2. The third-order valence-corrected chi connectivity index (χ3v) is 3.47. The molecule has 0 aliphatic heterocycles. The number of nitrogens with one attached hydrogen (secondary N) is 1. The number of hydrogen-bond acceptors (Lipinski definition) is 4. The fourth-order valence-corrected chi connectivity index (χ4v) is 2.28. The molecule has 0 aliphatic rings. The molecule has 0 saturated carbocycles. The van der Waals surface area contributed by atoms with Gasteiger partial charge in [-0.2, -0.15) is 5.26 Å². The lowest BCUT2D eigenvalue weighted by molar-refractivity contribution is -0.142. The minimum absolute atomic E-state index is 0.0925. The van der Waals surface area contributed by atoms with Crippen molar-refractivity contribution in [1.82, 2.24) is 5.32 Å². The number of carboxylic acids is 1. The van der Waals surface area contributed by atoms with E-state index in [1.165, 1.54) is 0 Å². The highest BCUT2D eigenvalue weighted by molar-refractivity contribution is 5.84. The summed E-state index contributed by atoms with van der Waals surface area (Å²) in [7, 11) is 0. The van der Waals surface area contributed by atoms with Gasteiger partial charge >= 0.3 is 5.97 Å². The van der Waals surface area contributed by atoms with Crippen LogP contribution in [0.4, 0.5) is 0 Å². The Morgan fingerprint density at radius 1 is 1.12 bits per heavy atom. The van der Waals surface area contributed by atoms with Crippen molar-refractivity contribution in [3.63, 3.8) is 0 Å². The van der Waals surface area contributed by atoms with E-state index in [0.29, 0.717) is 11.1 Å². The molecule has 0 saturated heterocycles. The van der Waals surface area contributed by atoms with Crippen LogP contribution in [-0.4, -0.2) is 29.6 Å². The maximum Gasteiger partial charge on any atom is 0.326 e. The number of aliphatic carboxylic acids is 1. The van der Waals surface area contributed by atoms with Crippen LogP contribution >= 0.6 is 0 Å². The third-order valence-electron chi connectivity index (χ3n) is 3.47. The number of nitrogens with zero attached hydrogens (tertiary/aromatic N) is 1. The number of carboxylic acid groups (broad SMARTS) is 1. The molecule has 0 spiro atoms. The van der Waals surface area contributed by atoms with Crippen molar-refractivity contribution in [2.45, 2.75) is 19.1 Å². The zero-order chi connectivity index (χ0) is 18.1. The number of amides is 1. The van der Waals surface area contributed by atoms with Crippen LogP contribution in [-0.2, 0) is 27.4 Å². The summed E-state index contributed by atoms with van der Waals surface area (Å²) < 4.78 is 5.30. The Kier molecular flexibility index (Phi) is 6.69. The van der Waals surface area contributed by atoms with Gasteiger partial charge in [-0.15, -0.1) is 0 Å². The van der Waals surface area contributed by atoms with Crippen molar-refractivity contribution in [2.75, 3.05) is 6.61 Å². The Balaban J connectivity index is 1.86. The van der Waals surface area contributed by atoms with Crippen molar-refractivity contribution in [3.8, 4) is 6.07 Å². The highest BCUT2D eigenvalue weighted by Crippen LogP contribution is 2.08. The van der Waals surface area contributed by atoms with Gasteiger partial charge in [-0.1, -0.05) is 42.5 Å². The minimum atomic E-state index is -1.14. The van der Waals surface area contributed by atoms with Crippen molar-refractivity contribution >= 4 is 11.9 Å². The molecule has 6 nitrogen and oxygen atoms in total. The molecule has 0 unspecified atom stereocenters. The Morgan fingerprint density at radius 2 is 1.84 bits per heavy atom. The maximum absolute atomic E-state index is 11.9. The zero-order valence-corrected chi connectivity index (χ0v) is 13.5. The van der Waals surface area contributed by atoms with Crippen LogP contribution in [0, 0.1) is 11.3 Å². The fraction of sp³-hybridized carbons (Fsp3) is 0.211. The van der Waals surface area contributed by atoms with Crippen molar-refractivity contribution in [1.29, 1.82) is 5.26 Å². The van der Waals surface area contributed by atoms with Gasteiger partial charge in [-0.25, -0.2) is 4.79 Å². The largest absolute Gasteiger partial charge is 0.480 e. The number of carbonyl (C=O) groups excluding carboxylic acids is 1. The second-order valence-corrected chi connectivity index (χ2v) is 5.45. The first-order valence-electron chi connectivity index (χ1n) is 7.71. The van der Waals surface area contributed by atoms with Gasteiger partial charge in [-0.05, 0) is 23.3 Å². The van der Waals surface area contributed by atoms with Crippen LogP contribution in [0.25, 0.3) is 0 Å². The number of carbonyl (C=O) groups is 2. The molecule has 1 amide bonds. The van der Waals surface area contributed by atoms with E-state index in [4.69, 9.17) is 10.00 Å². The highest BCUT2D eigenvalue weighted by Gasteiger charge is 2.20. The summed E-state index contributed by atoms with van der Waals surface area (Å²) in [5.74, 6) is -1.64. The summed E-state index contributed by atoms with van der Waals surface area (Å²) in [5, 5.41) is 20.6. The molecular weight excluding hydrogens is 320 g/mol. The maximum atomic E-state index is 11.9. The molecule has 2 aromatic carbocycles. The van der Waals surface area contributed by atoms with Gasteiger partial charge in [-0.3, -0.25) is 4.79 Å². The topological polar surface area (TPSA) is 99.4 Å². The van der Waals surface area contributed by atoms with E-state index in [1.807, 2.05) is 36.4 Å². The molecule has 1 atom stereocenters. The Hall–Kier alpha value is -3.17. The molecule has 2 aromatic rings. The summed E-state index contributed by atoms with van der Waals surface area (Å²) in [4.78, 5) is 23.3. The predicted molar refractivity (Wildman–Crippen MR) is 90.5 cm³/mol. The minimum Gasteiger partial charge on any atom is -0.480 e. The summed E-state index contributed by atoms with van der Waals surface area (Å²) >= 11 is 0. The second-order valence-electron chi connectivity index (χ2n) is 5.45. The molecule has 0 heterocycles. The average Bonchev–Trinajstić information content (AvgIpc) is 2.62. The van der Waals surface area contributed by atoms with Crippen LogP contribution in [0.2, 0.25) is 0 Å². The first-order chi connectivity index (χ1) is 12.1. The van der Waals surface area contributed by atoms with Crippen LogP contribution in [0.15, 0.2) is 54.6 Å². The lowest BCUT2D eigenvalue weighted by Crippen LogP contribution is -2.43. The molecule has 128 valence electrons. The summed E-state index contributed by atoms with van der Waals surface area (Å²) in [6, 6.07) is 16.9. The first-order valence-corrected chi connectivity index (χ1v) is 7.71. The molecule has 0 fully saturated rings. The molecule has 2 N–H and O–H groups in total. The van der Waals surface area contributed by atoms with Gasteiger partial charge in [0.25, 0.3) is 0 Å². The molecule has 0 bridgehead atoms. The summed E-state index contributed by atoms with van der Waals surface area (Å²) in [5.41, 5.74) is 2.04. The van der Waals surface area contributed by atoms with E-state index in [-0.39, 0.29) is 19.6 Å². The fourth-order valence-electron chi connectivity index (χ4n) is 2.28. The quantitative estimate of drug-likeness (QED) is 0.766. The number of benzene rings is 2. The average molecular weight is 338 g/mol. The van der Waals surface area contributed by atoms with Gasteiger partial charge in [0.05, 0.1) is 18.2 Å². The number of rotatable bonds is 8. The van der Waals surface area contributed by atoms with Crippen LogP contribution in [0.1, 0.15) is 16.7 Å². The van der Waals surface area contributed by atoms with Gasteiger partial charge in [0.15, 0.2) is 0 Å². The van der Waals surface area contributed by atoms with Gasteiger partial charge < -0.3 is 15.2 Å². The predicted octanol–water partition coefficient (Wildman–Crippen LogP) is 1.89. The van der Waals surface area contributed by atoms with E-state index in [9.17, 15) is 14.7 Å². The van der Waals surface area contributed by atoms with Crippen molar-refractivity contribution in [3.05, 3.63) is 71.3 Å². The lowest BCUT2D eigenvalue weighted by atomic mass is 10.0. The SMILES string of the molecule is N#Cc1cccc(C[C@H](NC(=O)COCc2ccccc2)C(=O)O)c1. The third kappa shape index (κ3) is 6.09. The van der Waals surface area contributed by atoms with E-state index in [1.54, 1.807) is 24.3 Å². The summed E-state index contributed by atoms with van der Waals surface area (Å²) in [6.45, 7) is 0.0487. The summed E-state index contributed by atoms with van der Waals surface area (Å²) in [6.07, 6.45) is 0.0925. The van der Waals surface area contributed by atoms with E-state index in [0.717, 1.165) is 5.56 Å². The molecule has 0 aromatic heterocycles. The van der Waals surface area contributed by atoms with E-state index in [2.05, 4.69) is 5.32 Å². The van der Waals surface area contributed by atoms with Crippen molar-refractivity contribution < 1.29 is 19.4 Å². The smallest absolute Gasteiger partial charge is 0.326 e. The van der Waals surface area contributed by atoms with Crippen LogP contribution < -0.4 is 5.32 Å². The van der Waals surface area contributed by atoms with Crippen LogP contribution in [0.5, 0.6) is 0 Å². The molecule has 25 heavy (non-hydrogen) atoms. The molecule has 0 radical (unpaired) electrons. The molecule has 2 rings (SSSR count). The number of ether oxygens (including phenoxy) is 1. The Bertz CT molecular complexity index is 768. The van der Waals surface area contributed by atoms with Crippen LogP contribution in [0.3, 0.4) is 0 Å². The van der Waals surface area contributed by atoms with Crippen molar-refractivity contribution in [2.24, 2.45) is 0 Å². The number of hydrogen-bond donors (Lipinski definition) is 2. The standard InChI is InChI=1S/C19H18N2O4/c20-11-16-8-4-7-15(9-16)10-17(19(23)24)21-18(22)13-25-12-14-5-2-1-3-6-14/h1-9,17H,10,12-13H2,(H,21,22)(H,23,24)/t17-/m0/s1. The Labute approximate surface area is 145 Å². The van der Waals surface area contributed by atoms with Gasteiger partial charge in [0.2, 0.25) is 5.91 Å². The number of nitriles is 1. The normalized spacial score (nSPS) is 11.3. The highest BCUT2D eigenvalue weighted by atomic mass is 16.5. The lowest BCUT2D eigenvalue weighted by Gasteiger charge is -2.15. The molecule has 6 heteroatoms. The molecule has 0 aliphatic carbocycles. The monoisotopic (exact) mass is 338 g/mol. The zero-order valence-electron chi connectivity index (χ0n) is 13.5. The van der Waals surface area contributed by atoms with E-state index >= 15 is 0 Å².